The van der Waals surface area contributed by atoms with Gasteiger partial charge in [0.15, 0.2) is 5.69 Å². The van der Waals surface area contributed by atoms with Crippen LogP contribution in [0.25, 0.3) is 5.82 Å². The first-order valence-corrected chi connectivity index (χ1v) is 5.21. The van der Waals surface area contributed by atoms with Gasteiger partial charge < -0.3 is 5.11 Å². The zero-order chi connectivity index (χ0) is 12.4. The van der Waals surface area contributed by atoms with Crippen molar-refractivity contribution in [3.8, 4) is 5.82 Å². The molecule has 6 nitrogen and oxygen atoms in total. The average Bonchev–Trinajstić information content (AvgIpc) is 2.78. The third-order valence-electron chi connectivity index (χ3n) is 2.54. The number of carboxylic acids is 1. The molecule has 0 amide bonds. The van der Waals surface area contributed by atoms with Gasteiger partial charge in [-0.1, -0.05) is 6.92 Å². The molecule has 0 unspecified atom stereocenters. The van der Waals surface area contributed by atoms with Crippen molar-refractivity contribution >= 4 is 5.97 Å². The molecule has 2 rings (SSSR count). The van der Waals surface area contributed by atoms with Crippen molar-refractivity contribution in [3.63, 3.8) is 0 Å². The zero-order valence-corrected chi connectivity index (χ0v) is 9.58. The first-order chi connectivity index (χ1) is 8.13. The van der Waals surface area contributed by atoms with Gasteiger partial charge in [-0.3, -0.25) is 4.57 Å². The van der Waals surface area contributed by atoms with Crippen LogP contribution in [0.15, 0.2) is 18.9 Å². The lowest BCUT2D eigenvalue weighted by molar-refractivity contribution is 0.0691. The van der Waals surface area contributed by atoms with Crippen LogP contribution in [0.4, 0.5) is 0 Å². The van der Waals surface area contributed by atoms with Gasteiger partial charge in [-0.25, -0.2) is 19.7 Å². The van der Waals surface area contributed by atoms with Crippen LogP contribution in [0.1, 0.15) is 28.7 Å². The monoisotopic (exact) mass is 232 g/mol. The van der Waals surface area contributed by atoms with E-state index < -0.39 is 5.97 Å². The van der Waals surface area contributed by atoms with Crippen molar-refractivity contribution in [1.29, 1.82) is 0 Å². The van der Waals surface area contributed by atoms with Gasteiger partial charge >= 0.3 is 5.97 Å². The SMILES string of the molecule is CCc1ncnc(-n2cnc(C(=O)O)c2)c1C. The summed E-state index contributed by atoms with van der Waals surface area (Å²) in [5, 5.41) is 8.81. The predicted molar refractivity (Wildman–Crippen MR) is 60.2 cm³/mol. The largest absolute Gasteiger partial charge is 0.476 e. The van der Waals surface area contributed by atoms with E-state index in [0.717, 1.165) is 17.7 Å². The van der Waals surface area contributed by atoms with Crippen LogP contribution in [0.2, 0.25) is 0 Å². The molecule has 0 saturated carbocycles. The molecule has 0 atom stereocenters. The Morgan fingerprint density at radius 1 is 1.41 bits per heavy atom. The normalized spacial score (nSPS) is 10.5. The lowest BCUT2D eigenvalue weighted by Crippen LogP contribution is -2.03. The molecule has 0 saturated heterocycles. The predicted octanol–water partition coefficient (Wildman–Crippen LogP) is 1.23. The van der Waals surface area contributed by atoms with Gasteiger partial charge in [0.1, 0.15) is 18.5 Å². The van der Waals surface area contributed by atoms with Crippen LogP contribution in [-0.2, 0) is 6.42 Å². The Labute approximate surface area is 98.0 Å². The molecular formula is C11H12N4O2. The van der Waals surface area contributed by atoms with E-state index in [2.05, 4.69) is 15.0 Å². The molecule has 17 heavy (non-hydrogen) atoms. The summed E-state index contributed by atoms with van der Waals surface area (Å²) in [6, 6.07) is 0. The second kappa shape index (κ2) is 4.32. The van der Waals surface area contributed by atoms with Gasteiger partial charge in [-0.2, -0.15) is 0 Å². The smallest absolute Gasteiger partial charge is 0.356 e. The van der Waals surface area contributed by atoms with Gasteiger partial charge in [0, 0.05) is 17.5 Å². The standard InChI is InChI=1S/C11H12N4O2/c1-3-8-7(2)10(13-5-12-8)15-4-9(11(16)17)14-6-15/h4-6H,3H2,1-2H3,(H,16,17). The van der Waals surface area contributed by atoms with Crippen molar-refractivity contribution in [1.82, 2.24) is 19.5 Å². The number of carbonyl (C=O) groups is 1. The molecule has 0 aromatic carbocycles. The molecule has 0 aliphatic heterocycles. The number of nitrogens with zero attached hydrogens (tertiary/aromatic N) is 4. The molecule has 2 aromatic heterocycles. The van der Waals surface area contributed by atoms with Gasteiger partial charge in [0.2, 0.25) is 0 Å². The summed E-state index contributed by atoms with van der Waals surface area (Å²) < 4.78 is 1.60. The summed E-state index contributed by atoms with van der Waals surface area (Å²) in [6.45, 7) is 3.92. The highest BCUT2D eigenvalue weighted by Gasteiger charge is 2.11. The molecule has 0 aliphatic rings. The van der Waals surface area contributed by atoms with Gasteiger partial charge in [-0.15, -0.1) is 0 Å². The van der Waals surface area contributed by atoms with E-state index in [1.807, 2.05) is 13.8 Å². The van der Waals surface area contributed by atoms with Crippen molar-refractivity contribution in [2.45, 2.75) is 20.3 Å². The number of imidazole rings is 1. The van der Waals surface area contributed by atoms with E-state index in [9.17, 15) is 4.79 Å². The van der Waals surface area contributed by atoms with Gasteiger partial charge in [0.25, 0.3) is 0 Å². The highest BCUT2D eigenvalue weighted by atomic mass is 16.4. The first kappa shape index (κ1) is 11.3. The topological polar surface area (TPSA) is 80.9 Å². The number of hydrogen-bond donors (Lipinski definition) is 1. The Balaban J connectivity index is 2.49. The lowest BCUT2D eigenvalue weighted by atomic mass is 10.2. The minimum Gasteiger partial charge on any atom is -0.476 e. The average molecular weight is 232 g/mol. The molecular weight excluding hydrogens is 220 g/mol. The van der Waals surface area contributed by atoms with E-state index >= 15 is 0 Å². The number of rotatable bonds is 3. The quantitative estimate of drug-likeness (QED) is 0.860. The second-order valence-electron chi connectivity index (χ2n) is 3.59. The lowest BCUT2D eigenvalue weighted by Gasteiger charge is -2.07. The highest BCUT2D eigenvalue weighted by molar-refractivity contribution is 5.85. The van der Waals surface area contributed by atoms with Crippen LogP contribution < -0.4 is 0 Å². The second-order valence-corrected chi connectivity index (χ2v) is 3.59. The maximum Gasteiger partial charge on any atom is 0.356 e. The fourth-order valence-corrected chi connectivity index (χ4v) is 1.64. The van der Waals surface area contributed by atoms with E-state index in [1.165, 1.54) is 18.9 Å². The van der Waals surface area contributed by atoms with Crippen molar-refractivity contribution in [2.24, 2.45) is 0 Å². The van der Waals surface area contributed by atoms with Crippen LogP contribution in [0.5, 0.6) is 0 Å². The molecule has 0 spiro atoms. The molecule has 6 heteroatoms. The zero-order valence-electron chi connectivity index (χ0n) is 9.58. The molecule has 2 aromatic rings. The Morgan fingerprint density at radius 2 is 2.18 bits per heavy atom. The number of hydrogen-bond acceptors (Lipinski definition) is 4. The third-order valence-corrected chi connectivity index (χ3v) is 2.54. The van der Waals surface area contributed by atoms with Crippen LogP contribution in [0, 0.1) is 6.92 Å². The van der Waals surface area contributed by atoms with E-state index in [-0.39, 0.29) is 5.69 Å². The van der Waals surface area contributed by atoms with E-state index in [0.29, 0.717) is 5.82 Å². The molecule has 1 N–H and O–H groups in total. The highest BCUT2D eigenvalue weighted by Crippen LogP contribution is 2.14. The molecule has 0 bridgehead atoms. The number of carboxylic acid groups (broad SMARTS) is 1. The maximum atomic E-state index is 10.7. The molecule has 2 heterocycles. The molecule has 88 valence electrons. The summed E-state index contributed by atoms with van der Waals surface area (Å²) in [7, 11) is 0. The molecule has 0 fully saturated rings. The van der Waals surface area contributed by atoms with Crippen molar-refractivity contribution in [3.05, 3.63) is 35.8 Å². The van der Waals surface area contributed by atoms with Crippen molar-refractivity contribution in [2.75, 3.05) is 0 Å². The summed E-state index contributed by atoms with van der Waals surface area (Å²) in [6.07, 6.45) is 5.17. The summed E-state index contributed by atoms with van der Waals surface area (Å²) in [5.74, 6) is -0.386. The minimum absolute atomic E-state index is 0.000982. The Bertz CT molecular complexity index is 562. The number of aromatic nitrogens is 4. The maximum absolute atomic E-state index is 10.7. The summed E-state index contributed by atoms with van der Waals surface area (Å²) >= 11 is 0. The van der Waals surface area contributed by atoms with Crippen LogP contribution in [-0.4, -0.2) is 30.6 Å². The van der Waals surface area contributed by atoms with Crippen LogP contribution in [0.3, 0.4) is 0 Å². The Hall–Kier alpha value is -2.24. The van der Waals surface area contributed by atoms with Gasteiger partial charge in [-0.05, 0) is 13.3 Å². The molecule has 0 radical (unpaired) electrons. The van der Waals surface area contributed by atoms with E-state index in [1.54, 1.807) is 4.57 Å². The van der Waals surface area contributed by atoms with E-state index in [4.69, 9.17) is 5.11 Å². The van der Waals surface area contributed by atoms with Crippen molar-refractivity contribution < 1.29 is 9.90 Å². The summed E-state index contributed by atoms with van der Waals surface area (Å²) in [5.41, 5.74) is 1.88. The fourth-order valence-electron chi connectivity index (χ4n) is 1.64. The number of aryl methyl sites for hydroxylation is 1. The summed E-state index contributed by atoms with van der Waals surface area (Å²) in [4.78, 5) is 22.8. The molecule has 0 aliphatic carbocycles. The number of aromatic carboxylic acids is 1. The Morgan fingerprint density at radius 3 is 2.76 bits per heavy atom. The van der Waals surface area contributed by atoms with Crippen LogP contribution >= 0.6 is 0 Å². The first-order valence-electron chi connectivity index (χ1n) is 5.21. The fraction of sp³-hybridized carbons (Fsp3) is 0.273. The minimum atomic E-state index is -1.05. The van der Waals surface area contributed by atoms with Gasteiger partial charge in [0.05, 0.1) is 0 Å². The Kier molecular flexibility index (Phi) is 2.86. The third kappa shape index (κ3) is 2.01.